The molecule has 0 bridgehead atoms. The van der Waals surface area contributed by atoms with Crippen molar-refractivity contribution in [3.63, 3.8) is 0 Å². The van der Waals surface area contributed by atoms with Crippen LogP contribution < -0.4 is 14.2 Å². The molecule has 2 unspecified atom stereocenters. The number of hydrogen-bond acceptors (Lipinski definition) is 9. The molecule has 3 heterocycles. The van der Waals surface area contributed by atoms with Crippen LogP contribution in [0.3, 0.4) is 0 Å². The fourth-order valence-corrected chi connectivity index (χ4v) is 5.40. The highest BCUT2D eigenvalue weighted by molar-refractivity contribution is 7.93. The second-order valence-corrected chi connectivity index (χ2v) is 11.0. The number of nitrogens with one attached hydrogen (secondary N) is 1. The van der Waals surface area contributed by atoms with Gasteiger partial charge in [-0.25, -0.2) is 18.4 Å². The molecule has 0 radical (unpaired) electrons. The van der Waals surface area contributed by atoms with Crippen molar-refractivity contribution < 1.29 is 22.6 Å². The van der Waals surface area contributed by atoms with Gasteiger partial charge in [-0.1, -0.05) is 24.6 Å². The Morgan fingerprint density at radius 2 is 1.83 bits per heavy atom. The molecule has 36 heavy (non-hydrogen) atoms. The summed E-state index contributed by atoms with van der Waals surface area (Å²) >= 11 is 5.88. The lowest BCUT2D eigenvalue weighted by Gasteiger charge is -2.21. The predicted octanol–water partition coefficient (Wildman–Crippen LogP) is 3.38. The Hall–Kier alpha value is -2.96. The Kier molecular flexibility index (Phi) is 7.96. The first-order chi connectivity index (χ1) is 17.2. The molecule has 0 saturated carbocycles. The van der Waals surface area contributed by atoms with Gasteiger partial charge in [0, 0.05) is 31.3 Å². The Morgan fingerprint density at radius 1 is 1.17 bits per heavy atom. The highest BCUT2D eigenvalue weighted by Crippen LogP contribution is 2.36. The van der Waals surface area contributed by atoms with Crippen LogP contribution in [0.25, 0.3) is 5.69 Å². The Bertz CT molecular complexity index is 1270. The van der Waals surface area contributed by atoms with E-state index in [0.717, 1.165) is 12.8 Å². The van der Waals surface area contributed by atoms with Crippen LogP contribution >= 0.6 is 11.6 Å². The predicted molar refractivity (Wildman–Crippen MR) is 135 cm³/mol. The van der Waals surface area contributed by atoms with E-state index in [-0.39, 0.29) is 12.1 Å². The number of halogens is 1. The number of sulfonamides is 1. The largest absolute Gasteiger partial charge is 0.494 e. The smallest absolute Gasteiger partial charge is 0.243 e. The summed E-state index contributed by atoms with van der Waals surface area (Å²) in [7, 11) is -0.894. The molecule has 13 heteroatoms. The molecule has 11 nitrogen and oxygen atoms in total. The molecule has 1 aliphatic heterocycles. The third-order valence-corrected chi connectivity index (χ3v) is 8.31. The number of hydrogen-bond donors (Lipinski definition) is 1. The standard InChI is InChI=1S/C23H29ClN6O5S/c1-14(22-25-12-16(24)13-26-22)15(2)36(31,32)29-23-28-27-20(11-17-7-6-10-35-17)30(23)21-18(33-3)8-5-9-19(21)34-4/h5,8-9,12-15,17H,6-7,10-11H2,1-4H3,(H,28,29)/t14?,15?,17-/m0/s1. The molecule has 1 aromatic carbocycles. The molecule has 3 aromatic rings. The van der Waals surface area contributed by atoms with Crippen molar-refractivity contribution in [3.05, 3.63) is 47.3 Å². The Morgan fingerprint density at radius 3 is 2.42 bits per heavy atom. The van der Waals surface area contributed by atoms with Crippen molar-refractivity contribution >= 4 is 27.6 Å². The second kappa shape index (κ2) is 11.0. The first-order valence-corrected chi connectivity index (χ1v) is 13.4. The van der Waals surface area contributed by atoms with Gasteiger partial charge >= 0.3 is 0 Å². The third kappa shape index (κ3) is 5.40. The highest BCUT2D eigenvalue weighted by Gasteiger charge is 2.33. The van der Waals surface area contributed by atoms with Gasteiger partial charge < -0.3 is 14.2 Å². The van der Waals surface area contributed by atoms with Gasteiger partial charge in [-0.15, -0.1) is 10.2 Å². The van der Waals surface area contributed by atoms with E-state index in [2.05, 4.69) is 24.9 Å². The number of anilines is 1. The Balaban J connectivity index is 1.73. The maximum atomic E-state index is 13.5. The molecule has 4 rings (SSSR count). The van der Waals surface area contributed by atoms with Crippen LogP contribution in [-0.2, 0) is 21.2 Å². The van der Waals surface area contributed by atoms with E-state index in [1.54, 1.807) is 36.6 Å². The van der Waals surface area contributed by atoms with Crippen molar-refractivity contribution in [3.8, 4) is 17.2 Å². The normalized spacial score (nSPS) is 17.5. The van der Waals surface area contributed by atoms with E-state index >= 15 is 0 Å². The zero-order valence-corrected chi connectivity index (χ0v) is 22.1. The zero-order chi connectivity index (χ0) is 25.9. The van der Waals surface area contributed by atoms with Crippen molar-refractivity contribution in [2.45, 2.75) is 50.4 Å². The van der Waals surface area contributed by atoms with Crippen LogP contribution in [0.15, 0.2) is 30.6 Å². The summed E-state index contributed by atoms with van der Waals surface area (Å²) in [5.41, 5.74) is 0.486. The molecular formula is C23H29ClN6O5S. The van der Waals surface area contributed by atoms with Crippen LogP contribution in [0.4, 0.5) is 5.95 Å². The van der Waals surface area contributed by atoms with E-state index < -0.39 is 21.2 Å². The van der Waals surface area contributed by atoms with Gasteiger partial charge in [0.15, 0.2) is 0 Å². The molecule has 1 N–H and O–H groups in total. The van der Waals surface area contributed by atoms with Crippen LogP contribution in [0.5, 0.6) is 11.5 Å². The summed E-state index contributed by atoms with van der Waals surface area (Å²) in [5.74, 6) is 1.32. The summed E-state index contributed by atoms with van der Waals surface area (Å²) in [6, 6.07) is 5.30. The van der Waals surface area contributed by atoms with Gasteiger partial charge in [0.25, 0.3) is 0 Å². The van der Waals surface area contributed by atoms with E-state index in [9.17, 15) is 8.42 Å². The minimum Gasteiger partial charge on any atom is -0.494 e. The number of ether oxygens (including phenoxy) is 3. The fourth-order valence-electron chi connectivity index (χ4n) is 4.07. The molecule has 0 amide bonds. The summed E-state index contributed by atoms with van der Waals surface area (Å²) in [4.78, 5) is 8.35. The first kappa shape index (κ1) is 26.1. The third-order valence-electron chi connectivity index (χ3n) is 6.26. The van der Waals surface area contributed by atoms with Crippen LogP contribution in [0.2, 0.25) is 5.02 Å². The summed E-state index contributed by atoms with van der Waals surface area (Å²) in [5, 5.41) is 8.00. The molecule has 194 valence electrons. The second-order valence-electron chi connectivity index (χ2n) is 8.53. The van der Waals surface area contributed by atoms with Gasteiger partial charge in [-0.05, 0) is 31.9 Å². The molecule has 1 aliphatic rings. The van der Waals surface area contributed by atoms with Crippen LogP contribution in [0, 0.1) is 0 Å². The number of nitrogens with zero attached hydrogens (tertiary/aromatic N) is 5. The van der Waals surface area contributed by atoms with Gasteiger partial charge in [0.05, 0.1) is 30.6 Å². The molecule has 3 atom stereocenters. The number of benzene rings is 1. The lowest BCUT2D eigenvalue weighted by Crippen LogP contribution is -2.31. The number of rotatable bonds is 10. The lowest BCUT2D eigenvalue weighted by molar-refractivity contribution is 0.109. The topological polar surface area (TPSA) is 130 Å². The van der Waals surface area contributed by atoms with Gasteiger partial charge in [0.1, 0.15) is 28.8 Å². The highest BCUT2D eigenvalue weighted by atomic mass is 35.5. The first-order valence-electron chi connectivity index (χ1n) is 11.5. The summed E-state index contributed by atoms with van der Waals surface area (Å²) < 4.78 is 48.1. The average Bonchev–Trinajstić information content (AvgIpc) is 3.53. The monoisotopic (exact) mass is 536 g/mol. The van der Waals surface area contributed by atoms with E-state index in [4.69, 9.17) is 25.8 Å². The van der Waals surface area contributed by atoms with Gasteiger partial charge in [0.2, 0.25) is 16.0 Å². The van der Waals surface area contributed by atoms with Crippen molar-refractivity contribution in [2.75, 3.05) is 25.5 Å². The molecule has 0 spiro atoms. The van der Waals surface area contributed by atoms with Crippen molar-refractivity contribution in [1.29, 1.82) is 0 Å². The average molecular weight is 537 g/mol. The fraction of sp³-hybridized carbons (Fsp3) is 0.478. The minimum absolute atomic E-state index is 0.0156. The number of methoxy groups -OCH3 is 2. The molecule has 2 aromatic heterocycles. The Labute approximate surface area is 215 Å². The zero-order valence-electron chi connectivity index (χ0n) is 20.5. The van der Waals surface area contributed by atoms with Crippen molar-refractivity contribution in [2.24, 2.45) is 0 Å². The van der Waals surface area contributed by atoms with E-state index in [0.29, 0.717) is 46.9 Å². The SMILES string of the molecule is COc1cccc(OC)c1-n1c(C[C@@H]2CCCO2)nnc1NS(=O)(=O)C(C)C(C)c1ncc(Cl)cn1. The van der Waals surface area contributed by atoms with E-state index in [1.165, 1.54) is 26.6 Å². The maximum absolute atomic E-state index is 13.5. The molecule has 1 saturated heterocycles. The minimum atomic E-state index is -3.95. The van der Waals surface area contributed by atoms with Gasteiger partial charge in [-0.3, -0.25) is 9.29 Å². The number of aromatic nitrogens is 5. The van der Waals surface area contributed by atoms with Crippen LogP contribution in [-0.4, -0.2) is 65.3 Å². The molecule has 0 aliphatic carbocycles. The van der Waals surface area contributed by atoms with Gasteiger partial charge in [-0.2, -0.15) is 0 Å². The summed E-state index contributed by atoms with van der Waals surface area (Å²) in [6.07, 6.45) is 5.12. The maximum Gasteiger partial charge on any atom is 0.243 e. The quantitative estimate of drug-likeness (QED) is 0.414. The summed E-state index contributed by atoms with van der Waals surface area (Å²) in [6.45, 7) is 4.01. The molecular weight excluding hydrogens is 508 g/mol. The lowest BCUT2D eigenvalue weighted by atomic mass is 10.1. The van der Waals surface area contributed by atoms with Crippen LogP contribution in [0.1, 0.15) is 44.3 Å². The van der Waals surface area contributed by atoms with E-state index in [1.807, 2.05) is 0 Å². The number of para-hydroxylation sites is 1. The molecule has 1 fully saturated rings. The van der Waals surface area contributed by atoms with Crippen molar-refractivity contribution in [1.82, 2.24) is 24.7 Å².